The van der Waals surface area contributed by atoms with E-state index in [0.717, 1.165) is 19.7 Å². The molecule has 0 aromatic carbocycles. The maximum absolute atomic E-state index is 5.13. The van der Waals surface area contributed by atoms with Gasteiger partial charge in [-0.05, 0) is 24.3 Å². The molecular formula is C14H31NO. The fraction of sp³-hybridized carbons (Fsp3) is 1.00. The van der Waals surface area contributed by atoms with Gasteiger partial charge in [-0.2, -0.15) is 0 Å². The molecule has 0 aromatic heterocycles. The van der Waals surface area contributed by atoms with Gasteiger partial charge in [0, 0.05) is 20.3 Å². The summed E-state index contributed by atoms with van der Waals surface area (Å²) < 4.78 is 5.13. The van der Waals surface area contributed by atoms with E-state index in [2.05, 4.69) is 33.0 Å². The Balaban J connectivity index is 3.56. The van der Waals surface area contributed by atoms with Crippen LogP contribution in [-0.4, -0.2) is 26.8 Å². The zero-order chi connectivity index (χ0) is 12.4. The van der Waals surface area contributed by atoms with Crippen LogP contribution in [0.4, 0.5) is 0 Å². The largest absolute Gasteiger partial charge is 0.384 e. The fourth-order valence-electron chi connectivity index (χ4n) is 1.94. The van der Waals surface area contributed by atoms with Gasteiger partial charge in [0.2, 0.25) is 0 Å². The van der Waals surface area contributed by atoms with Crippen LogP contribution in [0.25, 0.3) is 0 Å². The maximum Gasteiger partial charge on any atom is 0.0499 e. The Labute approximate surface area is 102 Å². The normalized spacial score (nSPS) is 14.1. The van der Waals surface area contributed by atoms with E-state index in [4.69, 9.17) is 4.74 Å². The van der Waals surface area contributed by atoms with Crippen molar-refractivity contribution in [1.82, 2.24) is 5.32 Å². The van der Waals surface area contributed by atoms with Crippen LogP contribution in [0.3, 0.4) is 0 Å². The molecule has 16 heavy (non-hydrogen) atoms. The van der Waals surface area contributed by atoms with Crippen molar-refractivity contribution >= 4 is 0 Å². The first-order valence-corrected chi connectivity index (χ1v) is 6.71. The third-order valence-corrected chi connectivity index (χ3v) is 3.00. The summed E-state index contributed by atoms with van der Waals surface area (Å²) in [5.74, 6) is 0.608. The molecule has 0 spiro atoms. The lowest BCUT2D eigenvalue weighted by molar-refractivity contribution is 0.156. The molecule has 0 heterocycles. The number of unbranched alkanes of at least 4 members (excludes halogenated alkanes) is 2. The van der Waals surface area contributed by atoms with E-state index < -0.39 is 0 Å². The van der Waals surface area contributed by atoms with Gasteiger partial charge in [0.1, 0.15) is 0 Å². The van der Waals surface area contributed by atoms with Crippen LogP contribution in [-0.2, 0) is 4.74 Å². The smallest absolute Gasteiger partial charge is 0.0499 e. The number of hydrogen-bond donors (Lipinski definition) is 1. The highest BCUT2D eigenvalue weighted by Crippen LogP contribution is 2.22. The average molecular weight is 229 g/mol. The molecule has 0 fully saturated rings. The highest BCUT2D eigenvalue weighted by atomic mass is 16.5. The summed E-state index contributed by atoms with van der Waals surface area (Å²) >= 11 is 0. The second-order valence-electron chi connectivity index (χ2n) is 5.81. The van der Waals surface area contributed by atoms with Crippen LogP contribution < -0.4 is 5.32 Å². The Morgan fingerprint density at radius 2 is 1.94 bits per heavy atom. The quantitative estimate of drug-likeness (QED) is 0.579. The van der Waals surface area contributed by atoms with Crippen LogP contribution in [0.2, 0.25) is 0 Å². The Morgan fingerprint density at radius 3 is 2.50 bits per heavy atom. The summed E-state index contributed by atoms with van der Waals surface area (Å²) in [6.07, 6.45) is 5.36. The monoisotopic (exact) mass is 229 g/mol. The predicted molar refractivity (Wildman–Crippen MR) is 71.8 cm³/mol. The molecule has 0 aromatic rings. The van der Waals surface area contributed by atoms with Gasteiger partial charge < -0.3 is 10.1 Å². The Bertz CT molecular complexity index is 157. The SMILES string of the molecule is CCCCCC(C)(C)CNCC(C)COC. The van der Waals surface area contributed by atoms with Crippen molar-refractivity contribution in [2.45, 2.75) is 53.4 Å². The van der Waals surface area contributed by atoms with E-state index in [1.165, 1.54) is 25.7 Å². The van der Waals surface area contributed by atoms with Gasteiger partial charge in [-0.15, -0.1) is 0 Å². The standard InChI is InChI=1S/C14H31NO/c1-6-7-8-9-14(3,4)12-15-10-13(2)11-16-5/h13,15H,6-12H2,1-5H3. The van der Waals surface area contributed by atoms with E-state index in [0.29, 0.717) is 11.3 Å². The molecule has 0 saturated carbocycles. The van der Waals surface area contributed by atoms with Gasteiger partial charge in [0.15, 0.2) is 0 Å². The van der Waals surface area contributed by atoms with Crippen LogP contribution in [0, 0.1) is 11.3 Å². The number of methoxy groups -OCH3 is 1. The molecule has 0 aliphatic heterocycles. The van der Waals surface area contributed by atoms with Gasteiger partial charge in [-0.1, -0.05) is 47.0 Å². The first-order chi connectivity index (χ1) is 7.52. The van der Waals surface area contributed by atoms with Gasteiger partial charge in [0.05, 0.1) is 0 Å². The Kier molecular flexibility index (Phi) is 8.96. The third kappa shape index (κ3) is 9.17. The van der Waals surface area contributed by atoms with Crippen LogP contribution in [0.5, 0.6) is 0 Å². The molecular weight excluding hydrogens is 198 g/mol. The minimum atomic E-state index is 0.433. The second-order valence-corrected chi connectivity index (χ2v) is 5.81. The van der Waals surface area contributed by atoms with Gasteiger partial charge >= 0.3 is 0 Å². The maximum atomic E-state index is 5.13. The zero-order valence-corrected chi connectivity index (χ0v) is 11.9. The zero-order valence-electron chi connectivity index (χ0n) is 11.9. The van der Waals surface area contributed by atoms with Gasteiger partial charge in [-0.25, -0.2) is 0 Å². The van der Waals surface area contributed by atoms with E-state index in [9.17, 15) is 0 Å². The first-order valence-electron chi connectivity index (χ1n) is 6.71. The fourth-order valence-corrected chi connectivity index (χ4v) is 1.94. The lowest BCUT2D eigenvalue weighted by Gasteiger charge is -2.26. The van der Waals surface area contributed by atoms with E-state index in [1.54, 1.807) is 7.11 Å². The molecule has 0 bridgehead atoms. The van der Waals surface area contributed by atoms with Crippen molar-refractivity contribution in [3.05, 3.63) is 0 Å². The predicted octanol–water partition coefficient (Wildman–Crippen LogP) is 3.47. The van der Waals surface area contributed by atoms with Crippen molar-refractivity contribution in [3.8, 4) is 0 Å². The van der Waals surface area contributed by atoms with Crippen molar-refractivity contribution in [2.24, 2.45) is 11.3 Å². The first kappa shape index (κ1) is 15.9. The molecule has 0 radical (unpaired) electrons. The molecule has 0 aliphatic carbocycles. The summed E-state index contributed by atoms with van der Waals surface area (Å²) in [6.45, 7) is 12.2. The molecule has 0 saturated heterocycles. The van der Waals surface area contributed by atoms with Crippen molar-refractivity contribution in [3.63, 3.8) is 0 Å². The topological polar surface area (TPSA) is 21.3 Å². The van der Waals surface area contributed by atoms with Crippen LogP contribution in [0.15, 0.2) is 0 Å². The lowest BCUT2D eigenvalue weighted by atomic mass is 9.87. The summed E-state index contributed by atoms with van der Waals surface area (Å²) in [5, 5.41) is 3.56. The van der Waals surface area contributed by atoms with Crippen LogP contribution >= 0.6 is 0 Å². The third-order valence-electron chi connectivity index (χ3n) is 3.00. The van der Waals surface area contributed by atoms with Crippen molar-refractivity contribution in [2.75, 3.05) is 26.8 Å². The molecule has 0 aliphatic rings. The Morgan fingerprint density at radius 1 is 1.25 bits per heavy atom. The molecule has 1 atom stereocenters. The summed E-state index contributed by atoms with van der Waals surface area (Å²) in [7, 11) is 1.77. The van der Waals surface area contributed by atoms with Gasteiger partial charge in [0.25, 0.3) is 0 Å². The summed E-state index contributed by atoms with van der Waals surface area (Å²) in [6, 6.07) is 0. The molecule has 98 valence electrons. The minimum Gasteiger partial charge on any atom is -0.384 e. The number of rotatable bonds is 10. The molecule has 0 amide bonds. The average Bonchev–Trinajstić information content (AvgIpc) is 2.18. The lowest BCUT2D eigenvalue weighted by Crippen LogP contribution is -2.33. The number of ether oxygens (including phenoxy) is 1. The van der Waals surface area contributed by atoms with Crippen molar-refractivity contribution < 1.29 is 4.74 Å². The summed E-state index contributed by atoms with van der Waals surface area (Å²) in [4.78, 5) is 0. The highest BCUT2D eigenvalue weighted by molar-refractivity contribution is 4.72. The molecule has 0 rings (SSSR count). The van der Waals surface area contributed by atoms with Gasteiger partial charge in [-0.3, -0.25) is 0 Å². The highest BCUT2D eigenvalue weighted by Gasteiger charge is 2.16. The minimum absolute atomic E-state index is 0.433. The van der Waals surface area contributed by atoms with E-state index in [1.807, 2.05) is 0 Å². The molecule has 2 nitrogen and oxygen atoms in total. The van der Waals surface area contributed by atoms with Crippen molar-refractivity contribution in [1.29, 1.82) is 0 Å². The number of hydrogen-bond acceptors (Lipinski definition) is 2. The molecule has 1 unspecified atom stereocenters. The summed E-state index contributed by atoms with van der Waals surface area (Å²) in [5.41, 5.74) is 0.433. The van der Waals surface area contributed by atoms with Crippen LogP contribution in [0.1, 0.15) is 53.4 Å². The Hall–Kier alpha value is -0.0800. The molecule has 1 N–H and O–H groups in total. The van der Waals surface area contributed by atoms with E-state index in [-0.39, 0.29) is 0 Å². The molecule has 2 heteroatoms. The van der Waals surface area contributed by atoms with E-state index >= 15 is 0 Å². The second kappa shape index (κ2) is 9.00. The number of nitrogens with one attached hydrogen (secondary N) is 1.